The van der Waals surface area contributed by atoms with E-state index in [1.165, 1.54) is 12.8 Å². The van der Waals surface area contributed by atoms with Gasteiger partial charge in [0, 0.05) is 35.9 Å². The highest BCUT2D eigenvalue weighted by Gasteiger charge is 2.41. The molecule has 34 heavy (non-hydrogen) atoms. The summed E-state index contributed by atoms with van der Waals surface area (Å²) in [5.41, 5.74) is 0.920. The van der Waals surface area contributed by atoms with E-state index in [0.29, 0.717) is 21.7 Å². The molecule has 0 radical (unpaired) electrons. The summed E-state index contributed by atoms with van der Waals surface area (Å²) >= 11 is 7.83. The van der Waals surface area contributed by atoms with Gasteiger partial charge < -0.3 is 15.1 Å². The molecule has 3 aliphatic rings. The molecule has 5 nitrogen and oxygen atoms in total. The van der Waals surface area contributed by atoms with Gasteiger partial charge in [0.1, 0.15) is 6.54 Å². The molecule has 3 fully saturated rings. The number of fused-ring (bicyclic) bond motifs is 1. The first-order chi connectivity index (χ1) is 16.4. The third kappa shape index (κ3) is 6.79. The average molecular weight is 504 g/mol. The molecule has 4 atom stereocenters. The van der Waals surface area contributed by atoms with E-state index in [1.807, 2.05) is 35.2 Å². The molecule has 4 rings (SSSR count). The summed E-state index contributed by atoms with van der Waals surface area (Å²) in [6, 6.07) is 7.70. The fraction of sp³-hybridized carbons (Fsp3) is 0.630. The van der Waals surface area contributed by atoms with Gasteiger partial charge in [0.2, 0.25) is 5.91 Å². The summed E-state index contributed by atoms with van der Waals surface area (Å²) in [5.74, 6) is 1.42. The lowest BCUT2D eigenvalue weighted by Gasteiger charge is -2.43. The smallest absolute Gasteiger partial charge is 0.261 e. The number of benzene rings is 1. The molecule has 4 unspecified atom stereocenters. The first-order valence-corrected chi connectivity index (χ1v) is 14.1. The molecule has 2 aliphatic heterocycles. The van der Waals surface area contributed by atoms with Crippen molar-refractivity contribution in [3.05, 3.63) is 39.8 Å². The van der Waals surface area contributed by atoms with Gasteiger partial charge >= 0.3 is 0 Å². The zero-order valence-electron chi connectivity index (χ0n) is 20.5. The van der Waals surface area contributed by atoms with Crippen LogP contribution in [0.3, 0.4) is 0 Å². The number of halogens is 1. The number of hydrogen-bond acceptors (Lipinski definition) is 4. The third-order valence-electron chi connectivity index (χ3n) is 7.20. The molecule has 0 spiro atoms. The first kappa shape index (κ1) is 25.6. The topological polar surface area (TPSA) is 52.7 Å². The van der Waals surface area contributed by atoms with Gasteiger partial charge in [-0.3, -0.25) is 9.59 Å². The minimum absolute atomic E-state index is 0.0282. The Labute approximate surface area is 213 Å². The van der Waals surface area contributed by atoms with Gasteiger partial charge in [-0.15, -0.1) is 11.8 Å². The van der Waals surface area contributed by atoms with Gasteiger partial charge in [-0.1, -0.05) is 50.4 Å². The molecular weight excluding hydrogens is 466 g/mol. The zero-order valence-corrected chi connectivity index (χ0v) is 22.0. The average Bonchev–Trinajstić information content (AvgIpc) is 2.79. The van der Waals surface area contributed by atoms with Crippen molar-refractivity contribution in [2.45, 2.75) is 63.7 Å². The van der Waals surface area contributed by atoms with Crippen molar-refractivity contribution in [1.82, 2.24) is 15.1 Å². The van der Waals surface area contributed by atoms with Crippen molar-refractivity contribution in [3.8, 4) is 0 Å². The van der Waals surface area contributed by atoms with Crippen LogP contribution >= 0.6 is 23.4 Å². The summed E-state index contributed by atoms with van der Waals surface area (Å²) in [7, 11) is 0. The second-order valence-corrected chi connectivity index (χ2v) is 12.1. The molecule has 0 aromatic heterocycles. The Hall–Kier alpha value is -1.50. The minimum Gasteiger partial charge on any atom is -0.355 e. The van der Waals surface area contributed by atoms with Gasteiger partial charge in [-0.2, -0.15) is 0 Å². The number of carbonyl (C=O) groups excluding carboxylic acids is 2. The van der Waals surface area contributed by atoms with Crippen molar-refractivity contribution >= 4 is 41.3 Å². The van der Waals surface area contributed by atoms with E-state index in [1.54, 1.807) is 11.8 Å². The van der Waals surface area contributed by atoms with Crippen molar-refractivity contribution < 1.29 is 9.59 Å². The Morgan fingerprint density at radius 1 is 1.21 bits per heavy atom. The second kappa shape index (κ2) is 12.0. The number of nitrogens with one attached hydrogen (secondary N) is 1. The molecule has 7 heteroatoms. The van der Waals surface area contributed by atoms with Gasteiger partial charge in [-0.05, 0) is 67.8 Å². The van der Waals surface area contributed by atoms with E-state index in [2.05, 4.69) is 24.1 Å². The molecule has 2 amide bonds. The van der Waals surface area contributed by atoms with Gasteiger partial charge in [0.15, 0.2) is 0 Å². The Balaban J connectivity index is 1.34. The van der Waals surface area contributed by atoms with E-state index in [-0.39, 0.29) is 24.4 Å². The van der Waals surface area contributed by atoms with Crippen LogP contribution in [-0.4, -0.2) is 65.6 Å². The quantitative estimate of drug-likeness (QED) is 0.418. The number of hydrogen-bond donors (Lipinski definition) is 1. The van der Waals surface area contributed by atoms with Crippen LogP contribution in [-0.2, 0) is 9.59 Å². The van der Waals surface area contributed by atoms with Crippen LogP contribution < -0.4 is 5.32 Å². The lowest BCUT2D eigenvalue weighted by Crippen LogP contribution is -2.54. The Kier molecular flexibility index (Phi) is 9.00. The monoisotopic (exact) mass is 503 g/mol. The molecule has 0 bridgehead atoms. The maximum Gasteiger partial charge on any atom is 0.261 e. The fourth-order valence-corrected chi connectivity index (χ4v) is 7.50. The molecule has 2 saturated heterocycles. The Morgan fingerprint density at radius 2 is 1.97 bits per heavy atom. The Morgan fingerprint density at radius 3 is 2.74 bits per heavy atom. The van der Waals surface area contributed by atoms with Crippen molar-refractivity contribution in [2.75, 3.05) is 32.7 Å². The minimum atomic E-state index is -0.0490. The number of nitrogens with zero attached hydrogens (tertiary/aromatic N) is 2. The summed E-state index contributed by atoms with van der Waals surface area (Å²) < 4.78 is 0. The highest BCUT2D eigenvalue weighted by atomic mass is 35.5. The van der Waals surface area contributed by atoms with Crippen molar-refractivity contribution in [3.63, 3.8) is 0 Å². The van der Waals surface area contributed by atoms with Crippen molar-refractivity contribution in [2.24, 2.45) is 11.8 Å². The molecule has 1 saturated carbocycles. The largest absolute Gasteiger partial charge is 0.355 e. The summed E-state index contributed by atoms with van der Waals surface area (Å²) in [6.07, 6.45) is 8.54. The molecule has 1 N–H and O–H groups in total. The maximum absolute atomic E-state index is 13.4. The van der Waals surface area contributed by atoms with Crippen LogP contribution in [0.25, 0.3) is 6.08 Å². The second-order valence-electron chi connectivity index (χ2n) is 10.4. The van der Waals surface area contributed by atoms with Crippen LogP contribution in [0.4, 0.5) is 0 Å². The number of rotatable bonds is 7. The van der Waals surface area contributed by atoms with Crippen molar-refractivity contribution in [1.29, 1.82) is 0 Å². The van der Waals surface area contributed by atoms with E-state index < -0.39 is 0 Å². The lowest BCUT2D eigenvalue weighted by atomic mass is 9.92. The zero-order chi connectivity index (χ0) is 24.1. The molecule has 2 heterocycles. The number of carbonyl (C=O) groups is 2. The highest BCUT2D eigenvalue weighted by Crippen LogP contribution is 2.42. The standard InChI is InChI=1S/C27H38ClN3O2S/c1-19-13-20(2)17-30(16-19)12-6-11-29-26(32)18-31-23-9-3-4-10-24(23)34-25(27(31)33)15-21-7-5-8-22(28)14-21/h5,7-8,14-15,19-20,23-24H,3-4,6,9-13,16-18H2,1-2H3,(H,29,32)/b25-15+. The molecule has 186 valence electrons. The van der Waals surface area contributed by atoms with E-state index in [0.717, 1.165) is 62.7 Å². The summed E-state index contributed by atoms with van der Waals surface area (Å²) in [5, 5.41) is 4.09. The van der Waals surface area contributed by atoms with Crippen LogP contribution in [0.2, 0.25) is 5.02 Å². The van der Waals surface area contributed by atoms with Crippen LogP contribution in [0.15, 0.2) is 29.2 Å². The van der Waals surface area contributed by atoms with Crippen LogP contribution in [0.5, 0.6) is 0 Å². The maximum atomic E-state index is 13.4. The normalized spacial score (nSPS) is 29.2. The van der Waals surface area contributed by atoms with E-state index in [9.17, 15) is 9.59 Å². The summed E-state index contributed by atoms with van der Waals surface area (Å²) in [6.45, 7) is 8.79. The molecule has 1 aliphatic carbocycles. The first-order valence-electron chi connectivity index (χ1n) is 12.8. The van der Waals surface area contributed by atoms with E-state index >= 15 is 0 Å². The van der Waals surface area contributed by atoms with Crippen LogP contribution in [0.1, 0.15) is 57.9 Å². The van der Waals surface area contributed by atoms with Crippen LogP contribution in [0, 0.1) is 11.8 Å². The number of likely N-dealkylation sites (tertiary alicyclic amines) is 1. The number of thioether (sulfide) groups is 1. The summed E-state index contributed by atoms with van der Waals surface area (Å²) in [4.78, 5) is 31.3. The SMILES string of the molecule is CC1CC(C)CN(CCCNC(=O)CN2C(=O)/C(=C\c3cccc(Cl)c3)SC3CCCCC32)C1. The lowest BCUT2D eigenvalue weighted by molar-refractivity contribution is -0.135. The predicted octanol–water partition coefficient (Wildman–Crippen LogP) is 5.05. The van der Waals surface area contributed by atoms with E-state index in [4.69, 9.17) is 11.6 Å². The highest BCUT2D eigenvalue weighted by molar-refractivity contribution is 8.04. The Bertz CT molecular complexity index is 898. The predicted molar refractivity (Wildman–Crippen MR) is 142 cm³/mol. The third-order valence-corrected chi connectivity index (χ3v) is 8.83. The number of amides is 2. The molecule has 1 aromatic carbocycles. The van der Waals surface area contributed by atoms with Gasteiger partial charge in [0.25, 0.3) is 5.91 Å². The molecule has 1 aromatic rings. The van der Waals surface area contributed by atoms with Gasteiger partial charge in [-0.25, -0.2) is 0 Å². The van der Waals surface area contributed by atoms with Gasteiger partial charge in [0.05, 0.1) is 4.91 Å². The fourth-order valence-electron chi connectivity index (χ4n) is 5.83. The number of piperidine rings is 1. The molecular formula is C27H38ClN3O2S.